The zero-order valence-electron chi connectivity index (χ0n) is 10.9. The van der Waals surface area contributed by atoms with Crippen molar-refractivity contribution < 1.29 is 4.39 Å². The molecule has 2 rings (SSSR count). The Labute approximate surface area is 117 Å². The van der Waals surface area contributed by atoms with Gasteiger partial charge in [-0.25, -0.2) is 9.82 Å². The highest BCUT2D eigenvalue weighted by Gasteiger charge is 2.15. The standard InChI is InChI=1S/C15H16ClFN2/c1-9-8-12(16)4-5-13(9)15(19-18)11-3-6-14(17)10(2)7-11/h3-8,15,19H,18H2,1-2H3. The summed E-state index contributed by atoms with van der Waals surface area (Å²) in [5.41, 5.74) is 6.37. The number of halogens is 2. The molecule has 0 aliphatic carbocycles. The summed E-state index contributed by atoms with van der Waals surface area (Å²) in [5.74, 6) is 5.44. The van der Waals surface area contributed by atoms with Crippen molar-refractivity contribution in [3.05, 3.63) is 69.5 Å². The maximum atomic E-state index is 13.3. The van der Waals surface area contributed by atoms with E-state index in [1.54, 1.807) is 19.1 Å². The predicted molar refractivity (Wildman–Crippen MR) is 76.5 cm³/mol. The molecular formula is C15H16ClFN2. The van der Waals surface area contributed by atoms with Crippen LogP contribution in [0.5, 0.6) is 0 Å². The highest BCUT2D eigenvalue weighted by atomic mass is 35.5. The van der Waals surface area contributed by atoms with Crippen LogP contribution in [0.3, 0.4) is 0 Å². The summed E-state index contributed by atoms with van der Waals surface area (Å²) in [6, 6.07) is 10.5. The molecular weight excluding hydrogens is 263 g/mol. The summed E-state index contributed by atoms with van der Waals surface area (Å²) >= 11 is 5.96. The van der Waals surface area contributed by atoms with Crippen molar-refractivity contribution in [2.45, 2.75) is 19.9 Å². The minimum Gasteiger partial charge on any atom is -0.271 e. The van der Waals surface area contributed by atoms with Crippen molar-refractivity contribution in [2.24, 2.45) is 5.84 Å². The third-order valence-electron chi connectivity index (χ3n) is 3.22. The minimum atomic E-state index is -0.215. The first-order chi connectivity index (χ1) is 9.02. The van der Waals surface area contributed by atoms with E-state index in [0.29, 0.717) is 10.6 Å². The summed E-state index contributed by atoms with van der Waals surface area (Å²) in [6.07, 6.45) is 0. The number of aryl methyl sites for hydroxylation is 2. The first kappa shape index (κ1) is 14.0. The quantitative estimate of drug-likeness (QED) is 0.664. The zero-order chi connectivity index (χ0) is 14.0. The van der Waals surface area contributed by atoms with Crippen LogP contribution >= 0.6 is 11.6 Å². The summed E-state index contributed by atoms with van der Waals surface area (Å²) < 4.78 is 13.3. The van der Waals surface area contributed by atoms with Gasteiger partial charge in [0.05, 0.1) is 6.04 Å². The van der Waals surface area contributed by atoms with E-state index >= 15 is 0 Å². The van der Waals surface area contributed by atoms with Gasteiger partial charge in [0.2, 0.25) is 0 Å². The lowest BCUT2D eigenvalue weighted by Crippen LogP contribution is -2.29. The van der Waals surface area contributed by atoms with Crippen LogP contribution in [0.2, 0.25) is 5.02 Å². The average molecular weight is 279 g/mol. The van der Waals surface area contributed by atoms with Crippen LogP contribution in [-0.4, -0.2) is 0 Å². The van der Waals surface area contributed by atoms with E-state index in [2.05, 4.69) is 5.43 Å². The predicted octanol–water partition coefficient (Wildman–Crippen LogP) is 3.65. The number of nitrogens with one attached hydrogen (secondary N) is 1. The number of hydrazine groups is 1. The fourth-order valence-electron chi connectivity index (χ4n) is 2.18. The molecule has 0 amide bonds. The summed E-state index contributed by atoms with van der Waals surface area (Å²) in [4.78, 5) is 0. The van der Waals surface area contributed by atoms with Gasteiger partial charge in [-0.05, 0) is 54.3 Å². The molecule has 4 heteroatoms. The largest absolute Gasteiger partial charge is 0.271 e. The second-order valence-corrected chi connectivity index (χ2v) is 5.05. The molecule has 100 valence electrons. The molecule has 0 aliphatic rings. The summed E-state index contributed by atoms with van der Waals surface area (Å²) in [6.45, 7) is 3.71. The number of hydrogen-bond acceptors (Lipinski definition) is 2. The number of nitrogens with two attached hydrogens (primary N) is 1. The molecule has 0 aromatic heterocycles. The molecule has 2 aromatic rings. The van der Waals surface area contributed by atoms with Crippen LogP contribution in [0, 0.1) is 19.7 Å². The van der Waals surface area contributed by atoms with E-state index < -0.39 is 0 Å². The Morgan fingerprint density at radius 3 is 2.42 bits per heavy atom. The van der Waals surface area contributed by atoms with Crippen molar-refractivity contribution in [3.63, 3.8) is 0 Å². The van der Waals surface area contributed by atoms with Gasteiger partial charge in [0.15, 0.2) is 0 Å². The van der Waals surface area contributed by atoms with Crippen LogP contribution in [0.1, 0.15) is 28.3 Å². The van der Waals surface area contributed by atoms with E-state index in [9.17, 15) is 4.39 Å². The lowest BCUT2D eigenvalue weighted by molar-refractivity contribution is 0.607. The van der Waals surface area contributed by atoms with Crippen LogP contribution in [0.4, 0.5) is 4.39 Å². The maximum Gasteiger partial charge on any atom is 0.126 e. The van der Waals surface area contributed by atoms with Gasteiger partial charge in [-0.3, -0.25) is 5.84 Å². The SMILES string of the molecule is Cc1cc(C(NN)c2ccc(Cl)cc2C)ccc1F. The molecule has 2 aromatic carbocycles. The topological polar surface area (TPSA) is 38.0 Å². The number of hydrogen-bond donors (Lipinski definition) is 2. The van der Waals surface area contributed by atoms with E-state index in [0.717, 1.165) is 16.7 Å². The lowest BCUT2D eigenvalue weighted by atomic mass is 9.94. The van der Waals surface area contributed by atoms with Crippen molar-refractivity contribution in [2.75, 3.05) is 0 Å². The van der Waals surface area contributed by atoms with Crippen molar-refractivity contribution in [1.82, 2.24) is 5.43 Å². The lowest BCUT2D eigenvalue weighted by Gasteiger charge is -2.20. The Kier molecular flexibility index (Phi) is 4.20. The Morgan fingerprint density at radius 1 is 1.11 bits per heavy atom. The second kappa shape index (κ2) is 5.70. The molecule has 0 aliphatic heterocycles. The number of benzene rings is 2. The summed E-state index contributed by atoms with van der Waals surface area (Å²) in [5, 5.41) is 0.687. The first-order valence-electron chi connectivity index (χ1n) is 6.01. The normalized spacial score (nSPS) is 12.5. The van der Waals surface area contributed by atoms with Gasteiger partial charge in [0, 0.05) is 5.02 Å². The van der Waals surface area contributed by atoms with Gasteiger partial charge in [-0.2, -0.15) is 0 Å². The van der Waals surface area contributed by atoms with Gasteiger partial charge < -0.3 is 0 Å². The minimum absolute atomic E-state index is 0.184. The Balaban J connectivity index is 2.46. The average Bonchev–Trinajstić information content (AvgIpc) is 2.37. The first-order valence-corrected chi connectivity index (χ1v) is 6.39. The molecule has 0 saturated carbocycles. The molecule has 0 fully saturated rings. The third kappa shape index (κ3) is 2.95. The molecule has 0 bridgehead atoms. The van der Waals surface area contributed by atoms with E-state index in [-0.39, 0.29) is 11.9 Å². The molecule has 3 N–H and O–H groups in total. The fraction of sp³-hybridized carbons (Fsp3) is 0.200. The van der Waals surface area contributed by atoms with E-state index in [4.69, 9.17) is 17.4 Å². The van der Waals surface area contributed by atoms with Gasteiger partial charge in [0.1, 0.15) is 5.82 Å². The second-order valence-electron chi connectivity index (χ2n) is 4.61. The third-order valence-corrected chi connectivity index (χ3v) is 3.46. The fourth-order valence-corrected chi connectivity index (χ4v) is 2.40. The van der Waals surface area contributed by atoms with Crippen molar-refractivity contribution in [1.29, 1.82) is 0 Å². The zero-order valence-corrected chi connectivity index (χ0v) is 11.6. The summed E-state index contributed by atoms with van der Waals surface area (Å²) in [7, 11) is 0. The highest BCUT2D eigenvalue weighted by Crippen LogP contribution is 2.27. The molecule has 2 nitrogen and oxygen atoms in total. The van der Waals surface area contributed by atoms with Crippen molar-refractivity contribution in [3.8, 4) is 0 Å². The van der Waals surface area contributed by atoms with Crippen LogP contribution in [0.25, 0.3) is 0 Å². The van der Waals surface area contributed by atoms with Gasteiger partial charge in [-0.1, -0.05) is 29.8 Å². The Hall–Kier alpha value is -1.42. The highest BCUT2D eigenvalue weighted by molar-refractivity contribution is 6.30. The van der Waals surface area contributed by atoms with Crippen LogP contribution in [-0.2, 0) is 0 Å². The van der Waals surface area contributed by atoms with E-state index in [1.807, 2.05) is 25.1 Å². The molecule has 0 saturated heterocycles. The van der Waals surface area contributed by atoms with Crippen molar-refractivity contribution >= 4 is 11.6 Å². The molecule has 0 radical (unpaired) electrons. The van der Waals surface area contributed by atoms with Gasteiger partial charge in [-0.15, -0.1) is 0 Å². The van der Waals surface area contributed by atoms with Crippen LogP contribution in [0.15, 0.2) is 36.4 Å². The van der Waals surface area contributed by atoms with Gasteiger partial charge >= 0.3 is 0 Å². The Morgan fingerprint density at radius 2 is 1.84 bits per heavy atom. The molecule has 0 heterocycles. The molecule has 0 spiro atoms. The Bertz CT molecular complexity index is 599. The van der Waals surface area contributed by atoms with E-state index in [1.165, 1.54) is 6.07 Å². The monoisotopic (exact) mass is 278 g/mol. The van der Waals surface area contributed by atoms with Crippen LogP contribution < -0.4 is 11.3 Å². The number of rotatable bonds is 3. The molecule has 1 unspecified atom stereocenters. The molecule has 1 atom stereocenters. The van der Waals surface area contributed by atoms with Gasteiger partial charge in [0.25, 0.3) is 0 Å². The molecule has 19 heavy (non-hydrogen) atoms. The maximum absolute atomic E-state index is 13.3. The smallest absolute Gasteiger partial charge is 0.126 e.